The second-order valence-electron chi connectivity index (χ2n) is 15.4. The van der Waals surface area contributed by atoms with E-state index in [1.165, 1.54) is 14.2 Å². The number of fused-ring (bicyclic) bond motifs is 2. The number of hydrogen-bond donors (Lipinski definition) is 5. The highest BCUT2D eigenvalue weighted by Gasteiger charge is 2.38. The Hall–Kier alpha value is -6.12. The molecule has 5 N–H and O–H groups in total. The van der Waals surface area contributed by atoms with E-state index in [1.54, 1.807) is 4.90 Å². The van der Waals surface area contributed by atoms with Crippen molar-refractivity contribution < 1.29 is 28.7 Å². The molecule has 5 aromatic rings. The van der Waals surface area contributed by atoms with Gasteiger partial charge in [0.1, 0.15) is 23.9 Å². The zero-order valence-electron chi connectivity index (χ0n) is 33.2. The first kappa shape index (κ1) is 39.1. The van der Waals surface area contributed by atoms with Gasteiger partial charge in [-0.15, -0.1) is 0 Å². The van der Waals surface area contributed by atoms with Gasteiger partial charge in [0.05, 0.1) is 49.2 Å². The number of aromatic nitrogens is 4. The van der Waals surface area contributed by atoms with Crippen LogP contribution in [0, 0.1) is 11.8 Å². The van der Waals surface area contributed by atoms with Crippen LogP contribution in [0.25, 0.3) is 44.2 Å². The lowest BCUT2D eigenvalue weighted by molar-refractivity contribution is -0.135. The van der Waals surface area contributed by atoms with Crippen molar-refractivity contribution in [3.05, 3.63) is 72.4 Å². The number of nitrogens with one attached hydrogen (secondary N) is 5. The summed E-state index contributed by atoms with van der Waals surface area (Å²) in [7, 11) is 2.58. The molecule has 0 saturated carbocycles. The van der Waals surface area contributed by atoms with E-state index >= 15 is 0 Å². The Kier molecular flexibility index (Phi) is 11.4. The van der Waals surface area contributed by atoms with E-state index in [-0.39, 0.29) is 35.9 Å². The third kappa shape index (κ3) is 7.96. The van der Waals surface area contributed by atoms with Crippen molar-refractivity contribution in [2.45, 2.75) is 77.7 Å². The van der Waals surface area contributed by atoms with Gasteiger partial charge in [-0.3, -0.25) is 4.79 Å². The Morgan fingerprint density at radius 2 is 1.40 bits per heavy atom. The van der Waals surface area contributed by atoms with Gasteiger partial charge in [-0.1, -0.05) is 70.2 Å². The van der Waals surface area contributed by atoms with Crippen LogP contribution in [-0.2, 0) is 14.3 Å². The molecule has 0 spiro atoms. The topological polar surface area (TPSA) is 187 Å². The Morgan fingerprint density at radius 3 is 2.09 bits per heavy atom. The molecule has 4 heterocycles. The lowest BCUT2D eigenvalue weighted by Crippen LogP contribution is -2.54. The number of amides is 5. The number of aromatic amines is 2. The van der Waals surface area contributed by atoms with Crippen molar-refractivity contribution >= 4 is 45.9 Å². The van der Waals surface area contributed by atoms with Crippen LogP contribution >= 0.6 is 0 Å². The summed E-state index contributed by atoms with van der Waals surface area (Å²) in [5.74, 6) is 1.10. The number of H-pyrrole nitrogens is 2. The summed E-state index contributed by atoms with van der Waals surface area (Å²) < 4.78 is 9.53. The number of methoxy groups -OCH3 is 2. The van der Waals surface area contributed by atoms with E-state index in [2.05, 4.69) is 62.3 Å². The third-order valence-electron chi connectivity index (χ3n) is 11.1. The minimum atomic E-state index is -0.707. The maximum atomic E-state index is 13.7. The van der Waals surface area contributed by atoms with Crippen molar-refractivity contribution in [2.75, 3.05) is 27.3 Å². The van der Waals surface area contributed by atoms with Crippen LogP contribution in [0.3, 0.4) is 0 Å². The molecule has 300 valence electrons. The fourth-order valence-electron chi connectivity index (χ4n) is 8.05. The maximum absolute atomic E-state index is 13.7. The average Bonchev–Trinajstić information content (AvgIpc) is 4.04. The van der Waals surface area contributed by atoms with Gasteiger partial charge < -0.3 is 45.2 Å². The number of ether oxygens (including phenoxy) is 2. The van der Waals surface area contributed by atoms with Crippen molar-refractivity contribution in [3.63, 3.8) is 0 Å². The van der Waals surface area contributed by atoms with E-state index < -0.39 is 24.4 Å². The summed E-state index contributed by atoms with van der Waals surface area (Å²) >= 11 is 0. The summed E-state index contributed by atoms with van der Waals surface area (Å²) in [6, 6.07) is 17.2. The Balaban J connectivity index is 1.13. The number of urea groups is 1. The molecule has 4 atom stereocenters. The van der Waals surface area contributed by atoms with Crippen LogP contribution in [0.5, 0.6) is 0 Å². The number of alkyl carbamates (subject to hydrolysis) is 2. The second-order valence-corrected chi connectivity index (χ2v) is 15.4. The van der Waals surface area contributed by atoms with E-state index in [4.69, 9.17) is 19.4 Å². The quantitative estimate of drug-likeness (QED) is 0.0938. The van der Waals surface area contributed by atoms with E-state index in [0.717, 1.165) is 69.9 Å². The predicted molar refractivity (Wildman–Crippen MR) is 216 cm³/mol. The molecule has 0 bridgehead atoms. The van der Waals surface area contributed by atoms with Gasteiger partial charge in [0.2, 0.25) is 5.91 Å². The molecule has 57 heavy (non-hydrogen) atoms. The molecule has 2 fully saturated rings. The molecule has 3 aromatic carbocycles. The number of rotatable bonds is 10. The molecule has 0 unspecified atom stereocenters. The molecule has 7 rings (SSSR count). The normalized spacial score (nSPS) is 18.0. The molecule has 2 aliphatic rings. The van der Waals surface area contributed by atoms with Gasteiger partial charge in [0.25, 0.3) is 0 Å². The van der Waals surface area contributed by atoms with Crippen LogP contribution in [-0.4, -0.2) is 93.4 Å². The number of likely N-dealkylation sites (tertiary alicyclic amines) is 2. The van der Waals surface area contributed by atoms with Crippen molar-refractivity contribution in [1.29, 1.82) is 0 Å². The lowest BCUT2D eigenvalue weighted by atomic mass is 9.94. The van der Waals surface area contributed by atoms with Crippen molar-refractivity contribution in [1.82, 2.24) is 45.7 Å². The fraction of sp³-hybridized carbons (Fsp3) is 0.429. The first-order valence-corrected chi connectivity index (χ1v) is 19.6. The van der Waals surface area contributed by atoms with Crippen LogP contribution in [0.1, 0.15) is 77.1 Å². The van der Waals surface area contributed by atoms with Crippen molar-refractivity contribution in [3.8, 4) is 22.4 Å². The zero-order chi connectivity index (χ0) is 40.4. The molecule has 5 amide bonds. The molecule has 2 aliphatic heterocycles. The summed E-state index contributed by atoms with van der Waals surface area (Å²) in [6.07, 6.45) is 3.19. The van der Waals surface area contributed by atoms with E-state index in [1.807, 2.05) is 57.0 Å². The molecule has 2 saturated heterocycles. The highest BCUT2D eigenvalue weighted by Crippen LogP contribution is 2.38. The monoisotopic (exact) mass is 777 g/mol. The Morgan fingerprint density at radius 1 is 0.754 bits per heavy atom. The highest BCUT2D eigenvalue weighted by molar-refractivity contribution is 6.04. The van der Waals surface area contributed by atoms with Gasteiger partial charge in [0.15, 0.2) is 0 Å². The van der Waals surface area contributed by atoms with Gasteiger partial charge in [-0.2, -0.15) is 0 Å². The van der Waals surface area contributed by atoms with Crippen LogP contribution in [0.15, 0.2) is 60.8 Å². The summed E-state index contributed by atoms with van der Waals surface area (Å²) in [6.45, 7) is 8.78. The SMILES string of the molecule is COC(=O)N[C@H](NC(=O)N1CCC[C@H]1c1nc2ccc(-c3cccc4c(-c5cnc([C@@H]6CCCN6C(=O)[C@@H](NC(=O)OC)C(C)C)[nH]5)cccc34)cc2[nH]1)C(C)C. The van der Waals surface area contributed by atoms with Gasteiger partial charge in [-0.25, -0.2) is 24.4 Å². The predicted octanol–water partition coefficient (Wildman–Crippen LogP) is 7.00. The van der Waals surface area contributed by atoms with Gasteiger partial charge in [-0.05, 0) is 71.6 Å². The van der Waals surface area contributed by atoms with Crippen LogP contribution in [0.4, 0.5) is 14.4 Å². The smallest absolute Gasteiger partial charge is 0.408 e. The highest BCUT2D eigenvalue weighted by atomic mass is 16.5. The number of imidazole rings is 2. The fourth-order valence-corrected chi connectivity index (χ4v) is 8.05. The third-order valence-corrected chi connectivity index (χ3v) is 11.1. The minimum Gasteiger partial charge on any atom is -0.453 e. The number of hydrogen-bond acceptors (Lipinski definition) is 8. The molecular formula is C42H51N9O6. The second kappa shape index (κ2) is 16.5. The zero-order valence-corrected chi connectivity index (χ0v) is 33.2. The van der Waals surface area contributed by atoms with E-state index in [9.17, 15) is 19.2 Å². The summed E-state index contributed by atoms with van der Waals surface area (Å²) in [5.41, 5.74) is 5.57. The summed E-state index contributed by atoms with van der Waals surface area (Å²) in [4.78, 5) is 71.4. The molecular weight excluding hydrogens is 727 g/mol. The molecule has 15 heteroatoms. The first-order chi connectivity index (χ1) is 27.5. The standard InChI is InChI=1S/C42H51N9O6/c1-23(2)35(47-41(54)56-5)39(52)50-19-9-15-33(50)37-43-22-32(46-37)29-14-8-12-27-26(11-7-13-28(27)29)25-17-18-30-31(21-25)45-38(44-30)34-16-10-20-51(34)40(53)48-36(24(3)4)49-42(55)57-6/h7-8,11-14,17-18,21-24,33-36H,9-10,15-16,19-20H2,1-6H3,(H,43,46)(H,44,45)(H,47,54)(H,48,53)(H,49,55)/t33-,34-,35-,36-/m0/s1. The number of benzene rings is 3. The molecule has 0 aliphatic carbocycles. The minimum absolute atomic E-state index is 0.0529. The Bertz CT molecular complexity index is 2280. The largest absolute Gasteiger partial charge is 0.453 e. The number of nitrogens with zero attached hydrogens (tertiary/aromatic N) is 4. The van der Waals surface area contributed by atoms with Crippen molar-refractivity contribution in [2.24, 2.45) is 11.8 Å². The summed E-state index contributed by atoms with van der Waals surface area (Å²) in [5, 5.41) is 10.5. The maximum Gasteiger partial charge on any atom is 0.408 e. The lowest BCUT2D eigenvalue weighted by Gasteiger charge is -2.30. The molecule has 15 nitrogen and oxygen atoms in total. The van der Waals surface area contributed by atoms with Crippen LogP contribution < -0.4 is 16.0 Å². The number of carbonyl (C=O) groups is 4. The van der Waals surface area contributed by atoms with E-state index in [0.29, 0.717) is 24.7 Å². The first-order valence-electron chi connectivity index (χ1n) is 19.6. The average molecular weight is 778 g/mol. The van der Waals surface area contributed by atoms with Gasteiger partial charge >= 0.3 is 18.2 Å². The molecule has 2 aromatic heterocycles. The number of carbonyl (C=O) groups excluding carboxylic acids is 4. The van der Waals surface area contributed by atoms with Gasteiger partial charge in [0, 0.05) is 18.7 Å². The van der Waals surface area contributed by atoms with Crippen LogP contribution in [0.2, 0.25) is 0 Å². The Labute approximate surface area is 331 Å². The molecule has 0 radical (unpaired) electrons.